The molecule has 0 aliphatic carbocycles. The number of nitrogens with one attached hydrogen (secondary N) is 1. The molecular weight excluding hydrogens is 263 g/mol. The highest BCUT2D eigenvalue weighted by molar-refractivity contribution is 7.89. The second kappa shape index (κ2) is 5.37. The van der Waals surface area contributed by atoms with Gasteiger partial charge in [-0.3, -0.25) is 4.98 Å². The summed E-state index contributed by atoms with van der Waals surface area (Å²) in [5.41, 5.74) is 7.16. The molecule has 0 saturated heterocycles. The summed E-state index contributed by atoms with van der Waals surface area (Å²) in [6, 6.07) is 4.97. The fraction of sp³-hybridized carbons (Fsp3) is 0.0909. The standard InChI is InChI=1S/C11H13BN4O2S/c12-9-5-10(11(13)15-7-9)19(17,18)16-6-8-1-3-14-4-2-8/h1-5,7,16H,6,12H2,(H2,13,15). The zero-order valence-corrected chi connectivity index (χ0v) is 11.2. The molecule has 2 aromatic rings. The average molecular weight is 276 g/mol. The molecule has 0 atom stereocenters. The van der Waals surface area contributed by atoms with Crippen LogP contribution in [0.15, 0.2) is 41.7 Å². The summed E-state index contributed by atoms with van der Waals surface area (Å²) >= 11 is 0. The van der Waals surface area contributed by atoms with E-state index in [9.17, 15) is 8.42 Å². The van der Waals surface area contributed by atoms with Crippen molar-refractivity contribution in [1.82, 2.24) is 14.7 Å². The molecule has 0 saturated carbocycles. The molecule has 0 aromatic carbocycles. The molecule has 0 radical (unpaired) electrons. The summed E-state index contributed by atoms with van der Waals surface area (Å²) in [6.45, 7) is 0.179. The number of rotatable bonds is 4. The molecule has 19 heavy (non-hydrogen) atoms. The third-order valence-electron chi connectivity index (χ3n) is 2.52. The van der Waals surface area contributed by atoms with Crippen LogP contribution in [0.4, 0.5) is 5.82 Å². The van der Waals surface area contributed by atoms with Crippen LogP contribution in [0.5, 0.6) is 0 Å². The predicted octanol–water partition coefficient (Wildman–Crippen LogP) is -1.20. The number of sulfonamides is 1. The van der Waals surface area contributed by atoms with Crippen molar-refractivity contribution in [2.24, 2.45) is 0 Å². The van der Waals surface area contributed by atoms with E-state index >= 15 is 0 Å². The van der Waals surface area contributed by atoms with Gasteiger partial charge in [-0.2, -0.15) is 0 Å². The first-order chi connectivity index (χ1) is 8.99. The number of nitrogen functional groups attached to an aromatic ring is 1. The lowest BCUT2D eigenvalue weighted by Gasteiger charge is -2.09. The Balaban J connectivity index is 2.21. The molecule has 0 fully saturated rings. The minimum Gasteiger partial charge on any atom is -0.383 e. The van der Waals surface area contributed by atoms with Crippen molar-refractivity contribution >= 4 is 29.2 Å². The summed E-state index contributed by atoms with van der Waals surface area (Å²) in [5, 5.41) is 0. The number of hydrogen-bond donors (Lipinski definition) is 2. The lowest BCUT2D eigenvalue weighted by atomic mass is 9.99. The van der Waals surface area contributed by atoms with Crippen molar-refractivity contribution in [3.8, 4) is 0 Å². The minimum absolute atomic E-state index is 0.00144. The first kappa shape index (κ1) is 13.5. The Kier molecular flexibility index (Phi) is 3.82. The van der Waals surface area contributed by atoms with Gasteiger partial charge in [0.25, 0.3) is 0 Å². The summed E-state index contributed by atoms with van der Waals surface area (Å²) in [7, 11) is -1.91. The number of nitrogens with two attached hydrogens (primary N) is 1. The van der Waals surface area contributed by atoms with Crippen LogP contribution in [0.2, 0.25) is 0 Å². The van der Waals surface area contributed by atoms with Gasteiger partial charge in [0.1, 0.15) is 18.6 Å². The van der Waals surface area contributed by atoms with Crippen LogP contribution in [-0.4, -0.2) is 26.2 Å². The quantitative estimate of drug-likeness (QED) is 0.683. The third-order valence-corrected chi connectivity index (χ3v) is 3.95. The summed E-state index contributed by atoms with van der Waals surface area (Å²) < 4.78 is 26.7. The molecular formula is C11H13BN4O2S. The van der Waals surface area contributed by atoms with E-state index in [1.54, 1.807) is 32.4 Å². The van der Waals surface area contributed by atoms with Gasteiger partial charge in [0, 0.05) is 25.1 Å². The van der Waals surface area contributed by atoms with E-state index in [0.717, 1.165) is 11.0 Å². The molecule has 2 aromatic heterocycles. The fourth-order valence-corrected chi connectivity index (χ4v) is 2.71. The maximum Gasteiger partial charge on any atom is 0.244 e. The highest BCUT2D eigenvalue weighted by Gasteiger charge is 2.18. The van der Waals surface area contributed by atoms with Crippen molar-refractivity contribution in [2.45, 2.75) is 11.4 Å². The number of nitrogens with zero attached hydrogens (tertiary/aromatic N) is 2. The molecule has 0 aliphatic heterocycles. The molecule has 8 heteroatoms. The maximum atomic E-state index is 12.1. The van der Waals surface area contributed by atoms with Gasteiger partial charge in [-0.1, -0.05) is 5.46 Å². The van der Waals surface area contributed by atoms with E-state index in [2.05, 4.69) is 14.7 Å². The second-order valence-electron chi connectivity index (χ2n) is 4.08. The van der Waals surface area contributed by atoms with Gasteiger partial charge in [-0.05, 0) is 23.8 Å². The van der Waals surface area contributed by atoms with Gasteiger partial charge in [0.05, 0.1) is 0 Å². The second-order valence-corrected chi connectivity index (χ2v) is 5.81. The van der Waals surface area contributed by atoms with Crippen molar-refractivity contribution in [3.05, 3.63) is 42.4 Å². The van der Waals surface area contributed by atoms with Crippen LogP contribution in [0.1, 0.15) is 5.56 Å². The number of hydrogen-bond acceptors (Lipinski definition) is 5. The first-order valence-corrected chi connectivity index (χ1v) is 7.08. The Morgan fingerprint density at radius 1 is 1.32 bits per heavy atom. The average Bonchev–Trinajstić information content (AvgIpc) is 2.40. The van der Waals surface area contributed by atoms with Crippen LogP contribution in [0.25, 0.3) is 0 Å². The highest BCUT2D eigenvalue weighted by atomic mass is 32.2. The number of aromatic nitrogens is 2. The highest BCUT2D eigenvalue weighted by Crippen LogP contribution is 2.13. The third kappa shape index (κ3) is 3.30. The van der Waals surface area contributed by atoms with Crippen molar-refractivity contribution in [3.63, 3.8) is 0 Å². The zero-order chi connectivity index (χ0) is 13.9. The van der Waals surface area contributed by atoms with Gasteiger partial charge in [0.2, 0.25) is 10.0 Å². The molecule has 0 unspecified atom stereocenters. The van der Waals surface area contributed by atoms with E-state index in [4.69, 9.17) is 5.73 Å². The van der Waals surface area contributed by atoms with E-state index in [0.29, 0.717) is 0 Å². The maximum absolute atomic E-state index is 12.1. The number of anilines is 1. The molecule has 0 amide bonds. The summed E-state index contributed by atoms with van der Waals surface area (Å²) in [5.74, 6) is -0.00664. The Morgan fingerprint density at radius 3 is 2.68 bits per heavy atom. The Hall–Kier alpha value is -1.93. The van der Waals surface area contributed by atoms with Gasteiger partial charge in [-0.25, -0.2) is 18.1 Å². The van der Waals surface area contributed by atoms with Crippen LogP contribution < -0.4 is 15.9 Å². The van der Waals surface area contributed by atoms with Crippen LogP contribution in [-0.2, 0) is 16.6 Å². The topological polar surface area (TPSA) is 98.0 Å². The van der Waals surface area contributed by atoms with Crippen molar-refractivity contribution < 1.29 is 8.42 Å². The van der Waals surface area contributed by atoms with Crippen LogP contribution in [0.3, 0.4) is 0 Å². The Bertz CT molecular complexity index is 676. The molecule has 0 bridgehead atoms. The molecule has 98 valence electrons. The van der Waals surface area contributed by atoms with Gasteiger partial charge >= 0.3 is 0 Å². The minimum atomic E-state index is -3.67. The first-order valence-electron chi connectivity index (χ1n) is 5.60. The van der Waals surface area contributed by atoms with Crippen LogP contribution in [0, 0.1) is 0 Å². The number of pyridine rings is 2. The summed E-state index contributed by atoms with van der Waals surface area (Å²) in [4.78, 5) is 7.72. The predicted molar refractivity (Wildman–Crippen MR) is 75.1 cm³/mol. The lowest BCUT2D eigenvalue weighted by molar-refractivity contribution is 0.581. The Labute approximate surface area is 112 Å². The van der Waals surface area contributed by atoms with Crippen molar-refractivity contribution in [1.29, 1.82) is 0 Å². The fourth-order valence-electron chi connectivity index (χ4n) is 1.52. The van der Waals surface area contributed by atoms with E-state index in [1.807, 2.05) is 0 Å². The SMILES string of the molecule is Bc1cnc(N)c(S(=O)(=O)NCc2ccncc2)c1. The van der Waals surface area contributed by atoms with E-state index in [1.165, 1.54) is 12.3 Å². The molecule has 0 spiro atoms. The lowest BCUT2D eigenvalue weighted by Crippen LogP contribution is -2.26. The molecule has 2 rings (SSSR count). The zero-order valence-electron chi connectivity index (χ0n) is 10.4. The van der Waals surface area contributed by atoms with E-state index < -0.39 is 10.0 Å². The van der Waals surface area contributed by atoms with Gasteiger partial charge < -0.3 is 5.73 Å². The molecule has 6 nitrogen and oxygen atoms in total. The van der Waals surface area contributed by atoms with Crippen LogP contribution >= 0.6 is 0 Å². The van der Waals surface area contributed by atoms with E-state index in [-0.39, 0.29) is 17.3 Å². The molecule has 3 N–H and O–H groups in total. The van der Waals surface area contributed by atoms with Crippen molar-refractivity contribution in [2.75, 3.05) is 5.73 Å². The van der Waals surface area contributed by atoms with Gasteiger partial charge in [-0.15, -0.1) is 0 Å². The summed E-state index contributed by atoms with van der Waals surface area (Å²) in [6.07, 6.45) is 4.73. The Morgan fingerprint density at radius 2 is 2.00 bits per heavy atom. The largest absolute Gasteiger partial charge is 0.383 e. The normalized spacial score (nSPS) is 11.4. The molecule has 0 aliphatic rings. The molecule has 2 heterocycles. The smallest absolute Gasteiger partial charge is 0.244 e. The van der Waals surface area contributed by atoms with Gasteiger partial charge in [0.15, 0.2) is 0 Å². The monoisotopic (exact) mass is 276 g/mol.